The van der Waals surface area contributed by atoms with Gasteiger partial charge < -0.3 is 10.2 Å². The number of imide groups is 1. The van der Waals surface area contributed by atoms with Crippen molar-refractivity contribution in [1.82, 2.24) is 15.1 Å². The van der Waals surface area contributed by atoms with Crippen molar-refractivity contribution < 1.29 is 9.59 Å². The van der Waals surface area contributed by atoms with Crippen molar-refractivity contribution in [3.05, 3.63) is 35.9 Å². The second kappa shape index (κ2) is 10.1. The highest BCUT2D eigenvalue weighted by Crippen LogP contribution is 2.37. The molecule has 3 rings (SSSR count). The first kappa shape index (κ1) is 22.4. The molecule has 0 spiro atoms. The van der Waals surface area contributed by atoms with Gasteiger partial charge in [0.15, 0.2) is 0 Å². The Kier molecular flexibility index (Phi) is 7.55. The van der Waals surface area contributed by atoms with Crippen molar-refractivity contribution >= 4 is 11.9 Å². The van der Waals surface area contributed by atoms with Gasteiger partial charge in [-0.2, -0.15) is 0 Å². The Bertz CT molecular complexity index is 788. The van der Waals surface area contributed by atoms with Crippen molar-refractivity contribution in [3.63, 3.8) is 0 Å². The molecule has 2 fully saturated rings. The molecule has 162 valence electrons. The molecule has 2 aliphatic heterocycles. The number of nitrogens with one attached hydrogen (secondary N) is 1. The molecule has 1 N–H and O–H groups in total. The van der Waals surface area contributed by atoms with Crippen molar-refractivity contribution in [3.8, 4) is 11.8 Å². The first-order chi connectivity index (χ1) is 14.5. The van der Waals surface area contributed by atoms with Crippen LogP contribution in [0.1, 0.15) is 52.0 Å². The van der Waals surface area contributed by atoms with E-state index in [-0.39, 0.29) is 24.4 Å². The Labute approximate surface area is 181 Å². The molecule has 0 saturated carbocycles. The monoisotopic (exact) mass is 409 g/mol. The summed E-state index contributed by atoms with van der Waals surface area (Å²) < 4.78 is 0. The average Bonchev–Trinajstić information content (AvgIpc) is 3.00. The highest BCUT2D eigenvalue weighted by atomic mass is 16.2. The Morgan fingerprint density at radius 2 is 1.87 bits per heavy atom. The van der Waals surface area contributed by atoms with Crippen LogP contribution in [-0.4, -0.2) is 53.5 Å². The number of amides is 3. The minimum atomic E-state index is -0.813. The number of aryl methyl sites for hydroxylation is 1. The molecule has 5 nitrogen and oxygen atoms in total. The lowest BCUT2D eigenvalue weighted by Gasteiger charge is -2.41. The first-order valence-corrected chi connectivity index (χ1v) is 11.3. The van der Waals surface area contributed by atoms with Gasteiger partial charge in [-0.05, 0) is 76.1 Å². The van der Waals surface area contributed by atoms with Crippen LogP contribution in [-0.2, 0) is 11.2 Å². The van der Waals surface area contributed by atoms with Crippen molar-refractivity contribution in [2.45, 2.75) is 58.4 Å². The minimum absolute atomic E-state index is 0.0909. The predicted molar refractivity (Wildman–Crippen MR) is 120 cm³/mol. The third kappa shape index (κ3) is 5.05. The van der Waals surface area contributed by atoms with E-state index in [1.807, 2.05) is 18.2 Å². The Morgan fingerprint density at radius 1 is 1.17 bits per heavy atom. The molecule has 1 unspecified atom stereocenters. The summed E-state index contributed by atoms with van der Waals surface area (Å²) in [6.07, 6.45) is 4.48. The largest absolute Gasteiger partial charge is 0.325 e. The highest BCUT2D eigenvalue weighted by molar-refractivity contribution is 6.07. The van der Waals surface area contributed by atoms with Gasteiger partial charge >= 0.3 is 6.03 Å². The van der Waals surface area contributed by atoms with Crippen LogP contribution < -0.4 is 5.32 Å². The maximum Gasteiger partial charge on any atom is 0.325 e. The van der Waals surface area contributed by atoms with Gasteiger partial charge in [-0.1, -0.05) is 50.1 Å². The van der Waals surface area contributed by atoms with E-state index in [0.29, 0.717) is 12.3 Å². The van der Waals surface area contributed by atoms with Crippen molar-refractivity contribution in [2.24, 2.45) is 11.8 Å². The molecule has 1 aromatic rings. The van der Waals surface area contributed by atoms with E-state index in [0.717, 1.165) is 38.9 Å². The summed E-state index contributed by atoms with van der Waals surface area (Å²) in [6.45, 7) is 9.50. The van der Waals surface area contributed by atoms with Gasteiger partial charge in [-0.3, -0.25) is 9.69 Å². The molecule has 30 heavy (non-hydrogen) atoms. The molecule has 0 radical (unpaired) electrons. The third-order valence-corrected chi connectivity index (χ3v) is 6.57. The summed E-state index contributed by atoms with van der Waals surface area (Å²) in [4.78, 5) is 30.1. The van der Waals surface area contributed by atoms with Gasteiger partial charge in [-0.25, -0.2) is 4.79 Å². The van der Waals surface area contributed by atoms with Crippen LogP contribution in [0, 0.1) is 23.7 Å². The topological polar surface area (TPSA) is 52.7 Å². The SMILES string of the molecule is CC#CCN1C(=O)NC(CCc2ccccc2)(C2CCN(CCC(C)C)CC2)C1=O. The van der Waals surface area contributed by atoms with Gasteiger partial charge in [0, 0.05) is 0 Å². The normalized spacial score (nSPS) is 22.9. The molecule has 1 aromatic carbocycles. The molecule has 2 saturated heterocycles. The number of rotatable bonds is 8. The zero-order valence-electron chi connectivity index (χ0n) is 18.6. The second-order valence-electron chi connectivity index (χ2n) is 9.00. The predicted octanol–water partition coefficient (Wildman–Crippen LogP) is 3.69. The lowest BCUT2D eigenvalue weighted by molar-refractivity contribution is -0.134. The van der Waals surface area contributed by atoms with E-state index in [2.05, 4.69) is 48.0 Å². The lowest BCUT2D eigenvalue weighted by Crippen LogP contribution is -2.56. The van der Waals surface area contributed by atoms with Crippen LogP contribution in [0.4, 0.5) is 4.79 Å². The summed E-state index contributed by atoms with van der Waals surface area (Å²) in [5.41, 5.74) is 0.382. The maximum absolute atomic E-state index is 13.5. The Morgan fingerprint density at radius 3 is 2.50 bits per heavy atom. The minimum Gasteiger partial charge on any atom is -0.323 e. The first-order valence-electron chi connectivity index (χ1n) is 11.3. The number of urea groups is 1. The summed E-state index contributed by atoms with van der Waals surface area (Å²) in [6, 6.07) is 9.92. The van der Waals surface area contributed by atoms with Gasteiger partial charge in [0.1, 0.15) is 5.54 Å². The van der Waals surface area contributed by atoms with Crippen LogP contribution in [0.15, 0.2) is 30.3 Å². The van der Waals surface area contributed by atoms with Crippen LogP contribution in [0.5, 0.6) is 0 Å². The fraction of sp³-hybridized carbons (Fsp3) is 0.600. The summed E-state index contributed by atoms with van der Waals surface area (Å²) >= 11 is 0. The fourth-order valence-electron chi connectivity index (χ4n) is 4.67. The molecule has 0 bridgehead atoms. The zero-order chi connectivity index (χ0) is 21.6. The van der Waals surface area contributed by atoms with Gasteiger partial charge in [0.2, 0.25) is 0 Å². The number of carbonyl (C=O) groups excluding carboxylic acids is 2. The standard InChI is InChI=1S/C25H35N3O2/c1-4-5-16-28-23(29)25(26-24(28)30,15-11-21-9-7-6-8-10-21)22-13-18-27(19-14-22)17-12-20(2)3/h6-10,20,22H,11-19H2,1-3H3,(H,26,30). The Balaban J connectivity index is 1.76. The van der Waals surface area contributed by atoms with E-state index in [1.165, 1.54) is 16.9 Å². The molecule has 0 aliphatic carbocycles. The lowest BCUT2D eigenvalue weighted by atomic mass is 9.74. The van der Waals surface area contributed by atoms with E-state index in [4.69, 9.17) is 0 Å². The molecule has 3 amide bonds. The number of carbonyl (C=O) groups is 2. The Hall–Kier alpha value is -2.32. The van der Waals surface area contributed by atoms with E-state index >= 15 is 0 Å². The highest BCUT2D eigenvalue weighted by Gasteiger charge is 2.55. The fourth-order valence-corrected chi connectivity index (χ4v) is 4.67. The number of nitrogens with zero attached hydrogens (tertiary/aromatic N) is 2. The smallest absolute Gasteiger partial charge is 0.323 e. The number of benzene rings is 1. The van der Waals surface area contributed by atoms with Crippen LogP contribution >= 0.6 is 0 Å². The van der Waals surface area contributed by atoms with E-state index in [9.17, 15) is 9.59 Å². The van der Waals surface area contributed by atoms with Gasteiger partial charge in [0.25, 0.3) is 5.91 Å². The molecule has 5 heteroatoms. The molecule has 2 heterocycles. The van der Waals surface area contributed by atoms with Crippen molar-refractivity contribution in [2.75, 3.05) is 26.2 Å². The summed E-state index contributed by atoms with van der Waals surface area (Å²) in [5.74, 6) is 6.45. The second-order valence-corrected chi connectivity index (χ2v) is 9.00. The van der Waals surface area contributed by atoms with Gasteiger partial charge in [-0.15, -0.1) is 5.92 Å². The number of piperidine rings is 1. The third-order valence-electron chi connectivity index (χ3n) is 6.57. The number of hydrogen-bond donors (Lipinski definition) is 1. The molecular weight excluding hydrogens is 374 g/mol. The summed E-state index contributed by atoms with van der Waals surface area (Å²) in [7, 11) is 0. The van der Waals surface area contributed by atoms with Crippen LogP contribution in [0.3, 0.4) is 0 Å². The molecule has 1 atom stereocenters. The number of likely N-dealkylation sites (tertiary alicyclic amines) is 1. The number of hydrogen-bond acceptors (Lipinski definition) is 3. The maximum atomic E-state index is 13.5. The molecule has 0 aromatic heterocycles. The summed E-state index contributed by atoms with van der Waals surface area (Å²) in [5, 5.41) is 3.13. The van der Waals surface area contributed by atoms with Crippen LogP contribution in [0.25, 0.3) is 0 Å². The van der Waals surface area contributed by atoms with Crippen molar-refractivity contribution in [1.29, 1.82) is 0 Å². The molecule has 2 aliphatic rings. The quantitative estimate of drug-likeness (QED) is 0.526. The average molecular weight is 410 g/mol. The van der Waals surface area contributed by atoms with Crippen LogP contribution in [0.2, 0.25) is 0 Å². The van der Waals surface area contributed by atoms with Gasteiger partial charge in [0.05, 0.1) is 6.54 Å². The van der Waals surface area contributed by atoms with E-state index < -0.39 is 5.54 Å². The molecular formula is C25H35N3O2. The van der Waals surface area contributed by atoms with E-state index in [1.54, 1.807) is 6.92 Å². The zero-order valence-corrected chi connectivity index (χ0v) is 18.6.